The van der Waals surface area contributed by atoms with E-state index in [9.17, 15) is 4.79 Å². The molecule has 3 rings (SSSR count). The summed E-state index contributed by atoms with van der Waals surface area (Å²) < 4.78 is 7.70. The summed E-state index contributed by atoms with van der Waals surface area (Å²) in [5.41, 5.74) is 1.44. The zero-order chi connectivity index (χ0) is 17.5. The molecule has 1 saturated heterocycles. The molecule has 6 heteroatoms. The van der Waals surface area contributed by atoms with Crippen molar-refractivity contribution in [2.45, 2.75) is 46.8 Å². The van der Waals surface area contributed by atoms with Gasteiger partial charge in [0.25, 0.3) is 5.91 Å². The van der Waals surface area contributed by atoms with E-state index in [-0.39, 0.29) is 23.5 Å². The Labute approximate surface area is 142 Å². The maximum absolute atomic E-state index is 12.9. The topological polar surface area (TPSA) is 60.2 Å². The molecule has 0 bridgehead atoms. The van der Waals surface area contributed by atoms with Crippen LogP contribution in [-0.4, -0.2) is 51.4 Å². The van der Waals surface area contributed by atoms with Crippen molar-refractivity contribution in [1.29, 1.82) is 0 Å². The monoisotopic (exact) mass is 330 g/mol. The summed E-state index contributed by atoms with van der Waals surface area (Å²) >= 11 is 0. The molecule has 1 aliphatic rings. The first-order chi connectivity index (χ1) is 11.3. The zero-order valence-corrected chi connectivity index (χ0v) is 15.1. The lowest BCUT2D eigenvalue weighted by Gasteiger charge is -2.39. The van der Waals surface area contributed by atoms with Gasteiger partial charge in [0.2, 0.25) is 0 Å². The summed E-state index contributed by atoms with van der Waals surface area (Å²) in [5, 5.41) is 5.26. The fourth-order valence-electron chi connectivity index (χ4n) is 2.98. The van der Waals surface area contributed by atoms with Crippen molar-refractivity contribution in [3.8, 4) is 0 Å². The molecule has 2 aromatic rings. The van der Waals surface area contributed by atoms with E-state index >= 15 is 0 Å². The molecule has 24 heavy (non-hydrogen) atoms. The van der Waals surface area contributed by atoms with Crippen LogP contribution in [0.4, 0.5) is 0 Å². The van der Waals surface area contributed by atoms with Crippen molar-refractivity contribution in [2.24, 2.45) is 5.41 Å². The third kappa shape index (κ3) is 3.15. The maximum atomic E-state index is 12.9. The Balaban J connectivity index is 1.83. The number of ether oxygens (including phenoxy) is 1. The van der Waals surface area contributed by atoms with Crippen LogP contribution >= 0.6 is 0 Å². The minimum Gasteiger partial charge on any atom is -0.374 e. The summed E-state index contributed by atoms with van der Waals surface area (Å²) in [5.74, 6) is 0.0132. The van der Waals surface area contributed by atoms with Crippen LogP contribution in [0.15, 0.2) is 18.5 Å². The Morgan fingerprint density at radius 3 is 2.75 bits per heavy atom. The van der Waals surface area contributed by atoms with E-state index in [0.717, 1.165) is 11.0 Å². The van der Waals surface area contributed by atoms with E-state index in [4.69, 9.17) is 4.74 Å². The largest absolute Gasteiger partial charge is 0.374 e. The van der Waals surface area contributed by atoms with Gasteiger partial charge < -0.3 is 9.64 Å². The quantitative estimate of drug-likeness (QED) is 0.849. The van der Waals surface area contributed by atoms with Gasteiger partial charge in [-0.05, 0) is 25.3 Å². The Morgan fingerprint density at radius 2 is 2.08 bits per heavy atom. The van der Waals surface area contributed by atoms with Crippen LogP contribution in [-0.2, 0) is 4.74 Å². The van der Waals surface area contributed by atoms with Gasteiger partial charge in [-0.3, -0.25) is 4.79 Å². The highest BCUT2D eigenvalue weighted by Crippen LogP contribution is 2.26. The predicted octanol–water partition coefficient (Wildman–Crippen LogP) is 2.90. The average Bonchev–Trinajstić information content (AvgIpc) is 2.96. The highest BCUT2D eigenvalue weighted by molar-refractivity contribution is 5.96. The Kier molecular flexibility index (Phi) is 4.34. The fraction of sp³-hybridized carbons (Fsp3) is 0.611. The number of morpholine rings is 1. The number of carbonyl (C=O) groups excluding carboxylic acids is 1. The second-order valence-electron chi connectivity index (χ2n) is 7.80. The number of fused-ring (bicyclic) bond motifs is 1. The molecular formula is C18H26N4O2. The molecule has 0 saturated carbocycles. The Hall–Kier alpha value is -1.95. The molecule has 0 N–H and O–H groups in total. The van der Waals surface area contributed by atoms with Crippen molar-refractivity contribution < 1.29 is 9.53 Å². The molecule has 6 nitrogen and oxygen atoms in total. The first-order valence-corrected chi connectivity index (χ1v) is 8.51. The number of aromatic nitrogens is 3. The summed E-state index contributed by atoms with van der Waals surface area (Å²) in [7, 11) is 0. The van der Waals surface area contributed by atoms with E-state index in [1.165, 1.54) is 0 Å². The second-order valence-corrected chi connectivity index (χ2v) is 7.80. The molecule has 1 fully saturated rings. The Bertz CT molecular complexity index is 745. The van der Waals surface area contributed by atoms with Crippen LogP contribution in [0.25, 0.3) is 11.0 Å². The maximum Gasteiger partial charge on any atom is 0.255 e. The lowest BCUT2D eigenvalue weighted by atomic mass is 9.88. The van der Waals surface area contributed by atoms with E-state index in [0.29, 0.717) is 25.3 Å². The first kappa shape index (κ1) is 16.9. The molecule has 1 atom stereocenters. The van der Waals surface area contributed by atoms with Crippen LogP contribution < -0.4 is 0 Å². The number of amides is 1. The molecule has 1 aliphatic heterocycles. The third-order valence-electron chi connectivity index (χ3n) is 4.49. The SMILES string of the molecule is CC(C)n1ncc2cc(C(=O)N3CCOC(C(C)(C)C)C3)cnc21. The number of pyridine rings is 1. The van der Waals surface area contributed by atoms with Gasteiger partial charge in [0.15, 0.2) is 5.65 Å². The van der Waals surface area contributed by atoms with Crippen LogP contribution in [0.1, 0.15) is 51.0 Å². The van der Waals surface area contributed by atoms with Crippen molar-refractivity contribution in [3.63, 3.8) is 0 Å². The van der Waals surface area contributed by atoms with E-state index in [1.807, 2.05) is 15.6 Å². The van der Waals surface area contributed by atoms with Gasteiger partial charge in [-0.2, -0.15) is 5.10 Å². The lowest BCUT2D eigenvalue weighted by Crippen LogP contribution is -2.50. The third-order valence-corrected chi connectivity index (χ3v) is 4.49. The minimum atomic E-state index is 0.0132. The minimum absolute atomic E-state index is 0.0132. The van der Waals surface area contributed by atoms with E-state index < -0.39 is 0 Å². The Morgan fingerprint density at radius 1 is 1.33 bits per heavy atom. The van der Waals surface area contributed by atoms with Crippen molar-refractivity contribution in [2.75, 3.05) is 19.7 Å². The van der Waals surface area contributed by atoms with Gasteiger partial charge in [0.05, 0.1) is 24.5 Å². The highest BCUT2D eigenvalue weighted by Gasteiger charge is 2.33. The zero-order valence-electron chi connectivity index (χ0n) is 15.1. The van der Waals surface area contributed by atoms with E-state index in [1.54, 1.807) is 12.4 Å². The number of carbonyl (C=O) groups is 1. The summed E-state index contributed by atoms with van der Waals surface area (Å²) in [6.07, 6.45) is 3.49. The van der Waals surface area contributed by atoms with Gasteiger partial charge in [-0.1, -0.05) is 20.8 Å². The van der Waals surface area contributed by atoms with Crippen molar-refractivity contribution in [3.05, 3.63) is 24.0 Å². The molecule has 1 amide bonds. The van der Waals surface area contributed by atoms with Gasteiger partial charge >= 0.3 is 0 Å². The number of hydrogen-bond donors (Lipinski definition) is 0. The molecule has 0 aliphatic carbocycles. The molecule has 130 valence electrons. The van der Waals surface area contributed by atoms with Crippen molar-refractivity contribution in [1.82, 2.24) is 19.7 Å². The number of hydrogen-bond acceptors (Lipinski definition) is 4. The smallest absolute Gasteiger partial charge is 0.255 e. The first-order valence-electron chi connectivity index (χ1n) is 8.51. The van der Waals surface area contributed by atoms with Gasteiger partial charge in [0.1, 0.15) is 0 Å². The highest BCUT2D eigenvalue weighted by atomic mass is 16.5. The average molecular weight is 330 g/mol. The summed E-state index contributed by atoms with van der Waals surface area (Å²) in [6, 6.07) is 2.13. The van der Waals surface area contributed by atoms with Crippen LogP contribution in [0.5, 0.6) is 0 Å². The summed E-state index contributed by atoms with van der Waals surface area (Å²) in [4.78, 5) is 19.2. The van der Waals surface area contributed by atoms with Gasteiger partial charge in [-0.25, -0.2) is 9.67 Å². The normalized spacial score (nSPS) is 19.2. The molecule has 0 radical (unpaired) electrons. The predicted molar refractivity (Wildman–Crippen MR) is 93.0 cm³/mol. The number of nitrogens with zero attached hydrogens (tertiary/aromatic N) is 4. The lowest BCUT2D eigenvalue weighted by molar-refractivity contribution is -0.0706. The van der Waals surface area contributed by atoms with Crippen LogP contribution in [0.3, 0.4) is 0 Å². The standard InChI is InChI=1S/C18H26N4O2/c1-12(2)22-16-13(10-20-22)8-14(9-19-16)17(23)21-6-7-24-15(11-21)18(3,4)5/h8-10,12,15H,6-7,11H2,1-5H3. The van der Waals surface area contributed by atoms with Gasteiger partial charge in [0, 0.05) is 30.7 Å². The second kappa shape index (κ2) is 6.16. The van der Waals surface area contributed by atoms with Crippen LogP contribution in [0.2, 0.25) is 0 Å². The molecule has 3 heterocycles. The fourth-order valence-corrected chi connectivity index (χ4v) is 2.98. The summed E-state index contributed by atoms with van der Waals surface area (Å²) in [6.45, 7) is 12.4. The molecule has 1 unspecified atom stereocenters. The molecule has 2 aromatic heterocycles. The van der Waals surface area contributed by atoms with Gasteiger partial charge in [-0.15, -0.1) is 0 Å². The molecular weight excluding hydrogens is 304 g/mol. The van der Waals surface area contributed by atoms with Crippen molar-refractivity contribution >= 4 is 16.9 Å². The molecule has 0 aromatic carbocycles. The molecule has 0 spiro atoms. The van der Waals surface area contributed by atoms with E-state index in [2.05, 4.69) is 44.7 Å². The number of rotatable bonds is 2. The van der Waals surface area contributed by atoms with Crippen LogP contribution in [0, 0.1) is 5.41 Å².